The number of nitrogens with two attached hydrogens (primary N) is 1. The largest absolute Gasteiger partial charge is 0.398 e. The minimum atomic E-state index is 0. The zero-order valence-electron chi connectivity index (χ0n) is 14.5. The van der Waals surface area contributed by atoms with Gasteiger partial charge in [0.05, 0.1) is 16.3 Å². The van der Waals surface area contributed by atoms with Crippen LogP contribution < -0.4 is 5.73 Å². The smallest absolute Gasteiger partial charge is 0.255 e. The van der Waals surface area contributed by atoms with Gasteiger partial charge < -0.3 is 10.6 Å². The maximum Gasteiger partial charge on any atom is 0.255 e. The molecule has 0 aliphatic carbocycles. The second kappa shape index (κ2) is 9.41. The van der Waals surface area contributed by atoms with Gasteiger partial charge in [-0.3, -0.25) is 4.79 Å². The number of carbonyl (C=O) groups excluding carboxylic acids is 1. The molecule has 1 aliphatic rings. The van der Waals surface area contributed by atoms with E-state index < -0.39 is 0 Å². The van der Waals surface area contributed by atoms with Crippen LogP contribution in [0.4, 0.5) is 5.69 Å². The number of hydrogen-bond acceptors (Lipinski definition) is 4. The number of anilines is 1. The average molecular weight is 402 g/mol. The van der Waals surface area contributed by atoms with E-state index in [-0.39, 0.29) is 30.7 Å². The van der Waals surface area contributed by atoms with Crippen molar-refractivity contribution in [3.05, 3.63) is 45.9 Å². The second-order valence-corrected chi connectivity index (χ2v) is 7.33. The van der Waals surface area contributed by atoms with Crippen LogP contribution in [0.3, 0.4) is 0 Å². The van der Waals surface area contributed by atoms with E-state index in [1.165, 1.54) is 0 Å². The fraction of sp³-hybridized carbons (Fsp3) is 0.444. The van der Waals surface area contributed by atoms with E-state index in [0.717, 1.165) is 36.6 Å². The highest BCUT2D eigenvalue weighted by atomic mass is 35.5. The third-order valence-electron chi connectivity index (χ3n) is 4.38. The van der Waals surface area contributed by atoms with Gasteiger partial charge in [0.1, 0.15) is 0 Å². The molecule has 2 N–H and O–H groups in total. The van der Waals surface area contributed by atoms with Crippen LogP contribution in [-0.2, 0) is 0 Å². The van der Waals surface area contributed by atoms with E-state index in [1.54, 1.807) is 17.4 Å². The van der Waals surface area contributed by atoms with Crippen molar-refractivity contribution in [2.45, 2.75) is 38.5 Å². The Hall–Kier alpha value is -1.30. The van der Waals surface area contributed by atoms with E-state index in [0.29, 0.717) is 23.1 Å². The van der Waals surface area contributed by atoms with Gasteiger partial charge in [-0.15, -0.1) is 36.2 Å². The molecule has 1 aliphatic heterocycles. The molecule has 1 amide bonds. The minimum absolute atomic E-state index is 0. The SMILES string of the molecule is CC(C)c1csc(C2CCCN(C(=O)c3ccccc3N)C2)n1.Cl.Cl. The maximum atomic E-state index is 12.7. The molecule has 0 spiro atoms. The first-order chi connectivity index (χ1) is 11.1. The molecule has 2 aromatic rings. The summed E-state index contributed by atoms with van der Waals surface area (Å²) in [6, 6.07) is 7.31. The number of nitrogens with zero attached hydrogens (tertiary/aromatic N) is 2. The number of piperidine rings is 1. The van der Waals surface area contributed by atoms with E-state index in [9.17, 15) is 4.79 Å². The fourth-order valence-electron chi connectivity index (χ4n) is 2.98. The Morgan fingerprint density at radius 3 is 2.68 bits per heavy atom. The van der Waals surface area contributed by atoms with Gasteiger partial charge in [-0.05, 0) is 30.9 Å². The first-order valence-corrected chi connectivity index (χ1v) is 9.03. The Kier molecular flexibility index (Phi) is 8.19. The van der Waals surface area contributed by atoms with Gasteiger partial charge in [-0.25, -0.2) is 4.98 Å². The maximum absolute atomic E-state index is 12.7. The molecule has 25 heavy (non-hydrogen) atoms. The number of para-hydroxylation sites is 1. The van der Waals surface area contributed by atoms with Crippen LogP contribution in [0.15, 0.2) is 29.6 Å². The number of likely N-dealkylation sites (tertiary alicyclic amines) is 1. The minimum Gasteiger partial charge on any atom is -0.398 e. The Balaban J connectivity index is 0.00000156. The first kappa shape index (κ1) is 21.7. The number of nitrogen functional groups attached to an aromatic ring is 1. The fourth-order valence-corrected chi connectivity index (χ4v) is 4.09. The van der Waals surface area contributed by atoms with Gasteiger partial charge in [0.25, 0.3) is 5.91 Å². The molecule has 1 aromatic heterocycles. The number of rotatable bonds is 3. The number of aromatic nitrogens is 1. The molecule has 1 unspecified atom stereocenters. The van der Waals surface area contributed by atoms with Gasteiger partial charge in [0, 0.05) is 30.1 Å². The van der Waals surface area contributed by atoms with Crippen LogP contribution >= 0.6 is 36.2 Å². The van der Waals surface area contributed by atoms with Gasteiger partial charge in [-0.2, -0.15) is 0 Å². The summed E-state index contributed by atoms with van der Waals surface area (Å²) in [5.41, 5.74) is 8.26. The van der Waals surface area contributed by atoms with Crippen molar-refractivity contribution in [1.29, 1.82) is 0 Å². The highest BCUT2D eigenvalue weighted by Gasteiger charge is 2.28. The quantitative estimate of drug-likeness (QED) is 0.757. The number of benzene rings is 1. The van der Waals surface area contributed by atoms with Crippen molar-refractivity contribution in [2.75, 3.05) is 18.8 Å². The van der Waals surface area contributed by atoms with Crippen molar-refractivity contribution in [1.82, 2.24) is 9.88 Å². The van der Waals surface area contributed by atoms with Gasteiger partial charge >= 0.3 is 0 Å². The molecule has 0 bridgehead atoms. The Labute approximate surface area is 165 Å². The van der Waals surface area contributed by atoms with Crippen LogP contribution in [0.25, 0.3) is 0 Å². The highest BCUT2D eigenvalue weighted by Crippen LogP contribution is 2.31. The summed E-state index contributed by atoms with van der Waals surface area (Å²) in [7, 11) is 0. The molecule has 7 heteroatoms. The summed E-state index contributed by atoms with van der Waals surface area (Å²) < 4.78 is 0. The van der Waals surface area contributed by atoms with E-state index in [4.69, 9.17) is 10.7 Å². The molecular formula is C18H25Cl2N3OS. The van der Waals surface area contributed by atoms with Crippen molar-refractivity contribution >= 4 is 47.7 Å². The molecule has 1 saturated heterocycles. The van der Waals surface area contributed by atoms with E-state index >= 15 is 0 Å². The number of hydrogen-bond donors (Lipinski definition) is 1. The third kappa shape index (κ3) is 4.87. The monoisotopic (exact) mass is 401 g/mol. The zero-order chi connectivity index (χ0) is 16.4. The second-order valence-electron chi connectivity index (χ2n) is 6.44. The summed E-state index contributed by atoms with van der Waals surface area (Å²) >= 11 is 1.72. The molecule has 1 fully saturated rings. The Bertz CT molecular complexity index is 705. The normalized spacial score (nSPS) is 16.9. The summed E-state index contributed by atoms with van der Waals surface area (Å²) in [4.78, 5) is 19.4. The van der Waals surface area contributed by atoms with Gasteiger partial charge in [0.15, 0.2) is 0 Å². The van der Waals surface area contributed by atoms with Crippen LogP contribution in [0, 0.1) is 0 Å². The van der Waals surface area contributed by atoms with E-state index in [2.05, 4.69) is 19.2 Å². The molecule has 138 valence electrons. The molecule has 4 nitrogen and oxygen atoms in total. The predicted octanol–water partition coefficient (Wildman–Crippen LogP) is 4.71. The Morgan fingerprint density at radius 1 is 1.32 bits per heavy atom. The highest BCUT2D eigenvalue weighted by molar-refractivity contribution is 7.09. The molecular weight excluding hydrogens is 377 g/mol. The van der Waals surface area contributed by atoms with Crippen LogP contribution in [-0.4, -0.2) is 28.9 Å². The predicted molar refractivity (Wildman–Crippen MR) is 109 cm³/mol. The molecule has 0 saturated carbocycles. The van der Waals surface area contributed by atoms with Crippen LogP contribution in [0.2, 0.25) is 0 Å². The van der Waals surface area contributed by atoms with Crippen molar-refractivity contribution in [2.24, 2.45) is 0 Å². The van der Waals surface area contributed by atoms with Crippen molar-refractivity contribution in [3.8, 4) is 0 Å². The number of carbonyl (C=O) groups is 1. The number of thiazole rings is 1. The number of amides is 1. The summed E-state index contributed by atoms with van der Waals surface area (Å²) in [5, 5.41) is 3.31. The average Bonchev–Trinajstić information content (AvgIpc) is 3.05. The third-order valence-corrected chi connectivity index (χ3v) is 5.41. The topological polar surface area (TPSA) is 59.2 Å². The Morgan fingerprint density at radius 2 is 2.04 bits per heavy atom. The summed E-state index contributed by atoms with van der Waals surface area (Å²) in [6.07, 6.45) is 2.11. The van der Waals surface area contributed by atoms with Crippen molar-refractivity contribution in [3.63, 3.8) is 0 Å². The lowest BCUT2D eigenvalue weighted by Gasteiger charge is -2.32. The van der Waals surface area contributed by atoms with Gasteiger partial charge in [0.2, 0.25) is 0 Å². The molecule has 1 atom stereocenters. The zero-order valence-corrected chi connectivity index (χ0v) is 16.9. The molecule has 1 aromatic carbocycles. The molecule has 2 heterocycles. The van der Waals surface area contributed by atoms with Crippen molar-refractivity contribution < 1.29 is 4.79 Å². The lowest BCUT2D eigenvalue weighted by molar-refractivity contribution is 0.0708. The lowest BCUT2D eigenvalue weighted by atomic mass is 9.97. The first-order valence-electron chi connectivity index (χ1n) is 8.15. The van der Waals surface area contributed by atoms with Crippen LogP contribution in [0.1, 0.15) is 59.6 Å². The van der Waals surface area contributed by atoms with Crippen LogP contribution in [0.5, 0.6) is 0 Å². The van der Waals surface area contributed by atoms with Gasteiger partial charge in [-0.1, -0.05) is 26.0 Å². The van der Waals surface area contributed by atoms with E-state index in [1.807, 2.05) is 23.1 Å². The number of halogens is 2. The lowest BCUT2D eigenvalue weighted by Crippen LogP contribution is -2.39. The standard InChI is InChI=1S/C18H23N3OS.2ClH/c1-12(2)16-11-23-17(20-16)13-6-5-9-21(10-13)18(22)14-7-3-4-8-15(14)19;;/h3-4,7-8,11-13H,5-6,9-10,19H2,1-2H3;2*1H. The molecule has 0 radical (unpaired) electrons. The summed E-state index contributed by atoms with van der Waals surface area (Å²) in [5.74, 6) is 0.828. The summed E-state index contributed by atoms with van der Waals surface area (Å²) in [6.45, 7) is 5.85. The molecule has 3 rings (SSSR count).